The van der Waals surface area contributed by atoms with Crippen LogP contribution in [-0.2, 0) is 49.5 Å². The van der Waals surface area contributed by atoms with Crippen molar-refractivity contribution < 1.29 is 62.7 Å². The molecule has 0 spiro atoms. The lowest BCUT2D eigenvalue weighted by Crippen LogP contribution is -2.39. The Kier molecular flexibility index (Phi) is 17.2. The number of carbonyl (C=O) groups excluding carboxylic acids is 6. The molecule has 0 aromatic heterocycles. The number of amides is 4. The summed E-state index contributed by atoms with van der Waals surface area (Å²) in [7, 11) is 6.03. The van der Waals surface area contributed by atoms with Crippen LogP contribution in [0.3, 0.4) is 0 Å². The molecule has 16 nitrogen and oxygen atoms in total. The van der Waals surface area contributed by atoms with E-state index in [4.69, 9.17) is 36.6 Å². The minimum absolute atomic E-state index is 0.0379. The van der Waals surface area contributed by atoms with Crippen molar-refractivity contribution in [1.29, 1.82) is 0 Å². The largest absolute Gasteiger partial charge is 0.470 e. The Morgan fingerprint density at radius 2 is 1.72 bits per heavy atom. The number of rotatable bonds is 18. The molecule has 250 valence electrons. The molecule has 0 aliphatic carbocycles. The maximum Gasteiger partial charge on any atom is 0.253 e. The lowest BCUT2D eigenvalue weighted by atomic mass is 10.1. The van der Waals surface area contributed by atoms with Crippen LogP contribution in [0.1, 0.15) is 31.2 Å². The summed E-state index contributed by atoms with van der Waals surface area (Å²) < 4.78 is 26.8. The molecule has 3 unspecified atom stereocenters. The Balaban J connectivity index is 0.00000361. The fourth-order valence-corrected chi connectivity index (χ4v) is 4.13. The van der Waals surface area contributed by atoms with Crippen LogP contribution in [0.5, 0.6) is 5.75 Å². The summed E-state index contributed by atoms with van der Waals surface area (Å²) in [6.07, 6.45) is 0.610. The number of imide groups is 1. The van der Waals surface area contributed by atoms with Gasteiger partial charge in [-0.2, -0.15) is 0 Å². The molecule has 17 heteroatoms. The van der Waals surface area contributed by atoms with Gasteiger partial charge in [0, 0.05) is 51.5 Å². The predicted molar refractivity (Wildman–Crippen MR) is 159 cm³/mol. The smallest absolute Gasteiger partial charge is 0.253 e. The monoisotopic (exact) mass is 647 g/mol. The second-order valence-corrected chi connectivity index (χ2v) is 9.71. The van der Waals surface area contributed by atoms with Gasteiger partial charge in [-0.25, -0.2) is 0 Å². The molecular formula is C29H38BN3O13. The average Bonchev–Trinajstić information content (AvgIpc) is 3.35. The predicted octanol–water partition coefficient (Wildman–Crippen LogP) is -0.663. The van der Waals surface area contributed by atoms with Gasteiger partial charge < -0.3 is 49.3 Å². The maximum atomic E-state index is 12.6. The van der Waals surface area contributed by atoms with E-state index >= 15 is 0 Å². The van der Waals surface area contributed by atoms with Crippen LogP contribution >= 0.6 is 0 Å². The van der Waals surface area contributed by atoms with E-state index in [-0.39, 0.29) is 101 Å². The fraction of sp³-hybridized carbons (Fsp3) is 0.517. The third-order valence-electron chi connectivity index (χ3n) is 6.28. The highest BCUT2D eigenvalue weighted by Crippen LogP contribution is 2.30. The molecule has 3 rings (SSSR count). The number of nitrogens with one attached hydrogen (secondary N) is 2. The van der Waals surface area contributed by atoms with Crippen LogP contribution < -0.4 is 15.4 Å². The van der Waals surface area contributed by atoms with Gasteiger partial charge in [-0.15, -0.1) is 0 Å². The molecule has 2 heterocycles. The number of ether oxygens (including phenoxy) is 5. The highest BCUT2D eigenvalue weighted by molar-refractivity contribution is 6.55. The summed E-state index contributed by atoms with van der Waals surface area (Å²) in [6.45, 7) is 0.747. The molecule has 1 fully saturated rings. The molecule has 1 aromatic carbocycles. The molecule has 4 amide bonds. The van der Waals surface area contributed by atoms with Crippen LogP contribution in [0.2, 0.25) is 0 Å². The standard InChI is InChI=1S/C28H34BN3O12.CH4O/c29-28(39)42-17-18-1-2-22(44-27-15-19(34)14-20(16-33)43-27)21(13-18)31-24(36)5-7-30-23(35)6-9-40-11-12-41-10-8-32-25(37)3-4-26(32)38;1-2/h1-4,13,16,19-20,27,34H,5-12,14-15,17H2,(H,30,35)(H,31,36);2H,1H3. The van der Waals surface area contributed by atoms with Crippen molar-refractivity contribution in [2.45, 2.75) is 50.8 Å². The first kappa shape index (κ1) is 38.0. The van der Waals surface area contributed by atoms with E-state index in [1.807, 2.05) is 0 Å². The summed E-state index contributed by atoms with van der Waals surface area (Å²) in [5, 5.41) is 22.3. The van der Waals surface area contributed by atoms with Crippen LogP contribution in [0.25, 0.3) is 0 Å². The molecule has 2 aliphatic rings. The summed E-state index contributed by atoms with van der Waals surface area (Å²) in [5.41, 5.74) is 0.707. The molecule has 2 aliphatic heterocycles. The highest BCUT2D eigenvalue weighted by Gasteiger charge is 2.30. The van der Waals surface area contributed by atoms with Gasteiger partial charge in [-0.1, -0.05) is 6.07 Å². The van der Waals surface area contributed by atoms with Gasteiger partial charge in [0.2, 0.25) is 31.8 Å². The first-order chi connectivity index (χ1) is 22.1. The van der Waals surface area contributed by atoms with Crippen molar-refractivity contribution in [2.24, 2.45) is 0 Å². The van der Waals surface area contributed by atoms with Gasteiger partial charge >= 0.3 is 0 Å². The van der Waals surface area contributed by atoms with E-state index in [1.165, 1.54) is 24.3 Å². The summed E-state index contributed by atoms with van der Waals surface area (Å²) in [5.74, 6) is -2.33. The molecule has 1 aromatic rings. The van der Waals surface area contributed by atoms with E-state index in [1.54, 1.807) is 6.07 Å². The van der Waals surface area contributed by atoms with Crippen LogP contribution in [-0.4, -0.2) is 124 Å². The summed E-state index contributed by atoms with van der Waals surface area (Å²) in [4.78, 5) is 70.8. The number of carbonyl (C=O) groups is 6. The Hall–Kier alpha value is -4.16. The third kappa shape index (κ3) is 13.9. The summed E-state index contributed by atoms with van der Waals surface area (Å²) in [6, 6.07) is 4.60. The second kappa shape index (κ2) is 20.8. The average molecular weight is 647 g/mol. The number of anilines is 1. The lowest BCUT2D eigenvalue weighted by molar-refractivity contribution is -0.175. The van der Waals surface area contributed by atoms with E-state index in [9.17, 15) is 33.9 Å². The minimum Gasteiger partial charge on any atom is -0.470 e. The Bertz CT molecular complexity index is 1210. The number of hydrogen-bond acceptors (Lipinski definition) is 13. The third-order valence-corrected chi connectivity index (χ3v) is 6.28. The zero-order valence-electron chi connectivity index (χ0n) is 25.4. The van der Waals surface area contributed by atoms with Crippen LogP contribution in [0, 0.1) is 0 Å². The fourth-order valence-electron chi connectivity index (χ4n) is 4.13. The quantitative estimate of drug-likeness (QED) is 0.0674. The number of nitrogens with zero attached hydrogens (tertiary/aromatic N) is 1. The topological polar surface area (TPSA) is 216 Å². The van der Waals surface area contributed by atoms with Crippen molar-refractivity contribution in [1.82, 2.24) is 10.2 Å². The van der Waals surface area contributed by atoms with Crippen molar-refractivity contribution in [3.05, 3.63) is 35.9 Å². The first-order valence-corrected chi connectivity index (χ1v) is 14.4. The molecular weight excluding hydrogens is 609 g/mol. The number of aliphatic hydroxyl groups is 2. The zero-order valence-corrected chi connectivity index (χ0v) is 25.4. The van der Waals surface area contributed by atoms with E-state index in [2.05, 4.69) is 10.6 Å². The SMILES string of the molecule is CO.[B]C(=O)OCc1ccc(OC2CC(O)CC(C=O)O2)c(NC(=O)CCNC(=O)CCOCCOCCN2C(=O)C=CC2=O)c1. The number of hydrogen-bond donors (Lipinski definition) is 4. The van der Waals surface area contributed by atoms with Crippen LogP contribution in [0.4, 0.5) is 10.5 Å². The Morgan fingerprint density at radius 3 is 2.39 bits per heavy atom. The molecule has 1 saturated heterocycles. The lowest BCUT2D eigenvalue weighted by Gasteiger charge is -2.31. The van der Waals surface area contributed by atoms with Crippen molar-refractivity contribution in [3.8, 4) is 5.75 Å². The molecule has 0 saturated carbocycles. The normalized spacial score (nSPS) is 18.8. The second-order valence-electron chi connectivity index (χ2n) is 9.71. The van der Waals surface area contributed by atoms with Gasteiger partial charge in [0.15, 0.2) is 0 Å². The van der Waals surface area contributed by atoms with Gasteiger partial charge in [0.05, 0.1) is 44.8 Å². The zero-order chi connectivity index (χ0) is 33.9. The van der Waals surface area contributed by atoms with E-state index < -0.39 is 30.3 Å². The minimum atomic E-state index is -0.974. The van der Waals surface area contributed by atoms with E-state index in [0.717, 1.165) is 12.0 Å². The molecule has 46 heavy (non-hydrogen) atoms. The maximum absolute atomic E-state index is 12.6. The Labute approximate surface area is 266 Å². The molecule has 3 atom stereocenters. The number of aliphatic hydroxyl groups excluding tert-OH is 2. The van der Waals surface area contributed by atoms with Crippen molar-refractivity contribution >= 4 is 49.3 Å². The number of aldehydes is 1. The van der Waals surface area contributed by atoms with Gasteiger partial charge in [-0.05, 0) is 17.7 Å². The van der Waals surface area contributed by atoms with Gasteiger partial charge in [0.25, 0.3) is 11.8 Å². The van der Waals surface area contributed by atoms with E-state index in [0.29, 0.717) is 11.8 Å². The first-order valence-electron chi connectivity index (χ1n) is 14.4. The Morgan fingerprint density at radius 1 is 1.02 bits per heavy atom. The van der Waals surface area contributed by atoms with Crippen molar-refractivity contribution in [2.75, 3.05) is 51.9 Å². The summed E-state index contributed by atoms with van der Waals surface area (Å²) >= 11 is 0. The van der Waals surface area contributed by atoms with Crippen LogP contribution in [0.15, 0.2) is 30.4 Å². The van der Waals surface area contributed by atoms with Crippen molar-refractivity contribution in [3.63, 3.8) is 0 Å². The van der Waals surface area contributed by atoms with Gasteiger partial charge in [-0.3, -0.25) is 28.9 Å². The highest BCUT2D eigenvalue weighted by atomic mass is 16.7. The molecule has 2 radical (unpaired) electrons. The van der Waals surface area contributed by atoms with Gasteiger partial charge in [0.1, 0.15) is 24.7 Å². The molecule has 4 N–H and O–H groups in total. The number of benzene rings is 1. The molecule has 0 bridgehead atoms.